The third-order valence-corrected chi connectivity index (χ3v) is 7.11. The van der Waals surface area contributed by atoms with Crippen molar-refractivity contribution in [3.63, 3.8) is 0 Å². The predicted molar refractivity (Wildman–Crippen MR) is 153 cm³/mol. The molecular formula is C31H64N2O. The van der Waals surface area contributed by atoms with E-state index in [0.29, 0.717) is 18.9 Å². The molecule has 3 heteroatoms. The molecule has 0 aliphatic carbocycles. The molecular weight excluding hydrogens is 416 g/mol. The molecule has 0 saturated heterocycles. The second kappa shape index (κ2) is 27.2. The summed E-state index contributed by atoms with van der Waals surface area (Å²) in [6.45, 7) is 14.9. The van der Waals surface area contributed by atoms with Crippen LogP contribution in [0.5, 0.6) is 0 Å². The molecule has 0 N–H and O–H groups in total. The van der Waals surface area contributed by atoms with Crippen LogP contribution in [-0.2, 0) is 4.79 Å². The lowest BCUT2D eigenvalue weighted by Gasteiger charge is -2.25. The van der Waals surface area contributed by atoms with Gasteiger partial charge in [-0.15, -0.1) is 0 Å². The smallest absolute Gasteiger partial charge is 0.160 e. The summed E-state index contributed by atoms with van der Waals surface area (Å²) < 4.78 is 0. The number of rotatable bonds is 28. The Bertz CT molecular complexity index is 348. The largest absolute Gasteiger partial charge is 0.297 e. The van der Waals surface area contributed by atoms with E-state index in [-0.39, 0.29) is 0 Å². The molecule has 0 spiro atoms. The summed E-state index contributed by atoms with van der Waals surface area (Å²) in [5.74, 6) is 0.448. The van der Waals surface area contributed by atoms with Crippen molar-refractivity contribution in [2.75, 3.05) is 39.3 Å². The highest BCUT2D eigenvalue weighted by Crippen LogP contribution is 2.10. The summed E-state index contributed by atoms with van der Waals surface area (Å²) in [6, 6.07) is 0. The first-order valence-corrected chi connectivity index (χ1v) is 15.6. The molecule has 0 unspecified atom stereocenters. The number of hydrogen-bond acceptors (Lipinski definition) is 3. The number of Topliss-reactive ketones (excluding diaryl/α,β-unsaturated/α-hetero) is 1. The van der Waals surface area contributed by atoms with Crippen molar-refractivity contribution < 1.29 is 4.79 Å². The molecule has 0 bridgehead atoms. The van der Waals surface area contributed by atoms with Crippen molar-refractivity contribution in [3.05, 3.63) is 0 Å². The van der Waals surface area contributed by atoms with Crippen molar-refractivity contribution in [1.29, 1.82) is 0 Å². The minimum Gasteiger partial charge on any atom is -0.297 e. The molecule has 0 aliphatic heterocycles. The lowest BCUT2D eigenvalue weighted by molar-refractivity contribution is -0.121. The van der Waals surface area contributed by atoms with E-state index in [2.05, 4.69) is 37.5 Å². The van der Waals surface area contributed by atoms with Crippen LogP contribution in [0, 0.1) is 0 Å². The summed E-state index contributed by atoms with van der Waals surface area (Å²) in [5, 5.41) is 0. The Kier molecular flexibility index (Phi) is 26.9. The zero-order chi connectivity index (χ0) is 25.1. The maximum Gasteiger partial charge on any atom is 0.160 e. The van der Waals surface area contributed by atoms with Gasteiger partial charge in [0.1, 0.15) is 0 Å². The molecule has 0 amide bonds. The number of hydrogen-bond donors (Lipinski definition) is 0. The van der Waals surface area contributed by atoms with E-state index in [1.54, 1.807) is 0 Å². The SMILES string of the molecule is CCCCCCCN(CCCCCCC)CC(=O)CN(CCCCCCC)CCCCCCC. The van der Waals surface area contributed by atoms with Gasteiger partial charge in [0.25, 0.3) is 0 Å². The maximum atomic E-state index is 13.1. The van der Waals surface area contributed by atoms with Gasteiger partial charge in [-0.1, -0.05) is 130 Å². The van der Waals surface area contributed by atoms with Gasteiger partial charge in [0.15, 0.2) is 5.78 Å². The van der Waals surface area contributed by atoms with Gasteiger partial charge in [-0.05, 0) is 51.9 Å². The average molecular weight is 481 g/mol. The van der Waals surface area contributed by atoms with E-state index < -0.39 is 0 Å². The van der Waals surface area contributed by atoms with Crippen LogP contribution in [0.4, 0.5) is 0 Å². The zero-order valence-electron chi connectivity index (χ0n) is 24.2. The van der Waals surface area contributed by atoms with E-state index in [1.807, 2.05) is 0 Å². The van der Waals surface area contributed by atoms with Crippen molar-refractivity contribution in [1.82, 2.24) is 9.80 Å². The monoisotopic (exact) mass is 481 g/mol. The molecule has 204 valence electrons. The van der Waals surface area contributed by atoms with E-state index in [4.69, 9.17) is 0 Å². The Balaban J connectivity index is 4.58. The minimum absolute atomic E-state index is 0.448. The topological polar surface area (TPSA) is 23.6 Å². The van der Waals surface area contributed by atoms with Crippen LogP contribution in [0.1, 0.15) is 156 Å². The number of unbranched alkanes of at least 4 members (excludes halogenated alkanes) is 16. The number of carbonyl (C=O) groups is 1. The third kappa shape index (κ3) is 23.3. The predicted octanol–water partition coefficient (Wildman–Crippen LogP) is 9.04. The summed E-state index contributed by atoms with van der Waals surface area (Å²) in [7, 11) is 0. The Morgan fingerprint density at radius 3 is 0.853 bits per heavy atom. The average Bonchev–Trinajstić information content (AvgIpc) is 2.83. The van der Waals surface area contributed by atoms with E-state index in [9.17, 15) is 4.79 Å². The van der Waals surface area contributed by atoms with Crippen LogP contribution in [0.3, 0.4) is 0 Å². The fourth-order valence-electron chi connectivity index (χ4n) is 4.84. The molecule has 3 nitrogen and oxygen atoms in total. The molecule has 0 saturated carbocycles. The lowest BCUT2D eigenvalue weighted by Crippen LogP contribution is -2.39. The molecule has 0 fully saturated rings. The quantitative estimate of drug-likeness (QED) is 0.104. The van der Waals surface area contributed by atoms with Gasteiger partial charge in [0, 0.05) is 0 Å². The van der Waals surface area contributed by atoms with Crippen LogP contribution < -0.4 is 0 Å². The fourth-order valence-corrected chi connectivity index (χ4v) is 4.84. The van der Waals surface area contributed by atoms with Gasteiger partial charge in [0.2, 0.25) is 0 Å². The summed E-state index contributed by atoms with van der Waals surface area (Å²) in [6.07, 6.45) is 26.2. The number of nitrogens with zero attached hydrogens (tertiary/aromatic N) is 2. The molecule has 0 aromatic carbocycles. The Morgan fingerprint density at radius 1 is 0.382 bits per heavy atom. The van der Waals surface area contributed by atoms with Crippen LogP contribution in [0.25, 0.3) is 0 Å². The van der Waals surface area contributed by atoms with E-state index >= 15 is 0 Å². The molecule has 0 aromatic rings. The Morgan fingerprint density at radius 2 is 0.618 bits per heavy atom. The van der Waals surface area contributed by atoms with Crippen LogP contribution in [-0.4, -0.2) is 54.9 Å². The maximum absolute atomic E-state index is 13.1. The highest BCUT2D eigenvalue weighted by atomic mass is 16.1. The molecule has 0 heterocycles. The summed E-state index contributed by atoms with van der Waals surface area (Å²) in [5.41, 5.74) is 0. The van der Waals surface area contributed by atoms with Crippen LogP contribution in [0.15, 0.2) is 0 Å². The Hall–Kier alpha value is -0.410. The van der Waals surface area contributed by atoms with Gasteiger partial charge < -0.3 is 0 Å². The molecule has 0 aliphatic rings. The van der Waals surface area contributed by atoms with Crippen LogP contribution in [0.2, 0.25) is 0 Å². The van der Waals surface area contributed by atoms with Crippen molar-refractivity contribution in [2.24, 2.45) is 0 Å². The third-order valence-electron chi connectivity index (χ3n) is 7.11. The normalized spacial score (nSPS) is 11.7. The Labute approximate surface area is 215 Å². The molecule has 0 atom stereocenters. The number of ketones is 1. The van der Waals surface area contributed by atoms with Gasteiger partial charge in [-0.25, -0.2) is 0 Å². The number of carbonyl (C=O) groups excluding carboxylic acids is 1. The molecule has 34 heavy (non-hydrogen) atoms. The van der Waals surface area contributed by atoms with Gasteiger partial charge in [-0.3, -0.25) is 14.6 Å². The van der Waals surface area contributed by atoms with Gasteiger partial charge in [-0.2, -0.15) is 0 Å². The minimum atomic E-state index is 0.448. The highest BCUT2D eigenvalue weighted by Gasteiger charge is 2.15. The van der Waals surface area contributed by atoms with E-state index in [0.717, 1.165) is 26.2 Å². The second-order valence-electron chi connectivity index (χ2n) is 10.7. The fraction of sp³-hybridized carbons (Fsp3) is 0.968. The second-order valence-corrected chi connectivity index (χ2v) is 10.7. The van der Waals surface area contributed by atoms with Crippen LogP contribution >= 0.6 is 0 Å². The summed E-state index contributed by atoms with van der Waals surface area (Å²) in [4.78, 5) is 18.1. The summed E-state index contributed by atoms with van der Waals surface area (Å²) >= 11 is 0. The first-order chi connectivity index (χ1) is 16.7. The van der Waals surface area contributed by atoms with Crippen molar-refractivity contribution >= 4 is 5.78 Å². The molecule has 0 aromatic heterocycles. The molecule has 0 radical (unpaired) electrons. The lowest BCUT2D eigenvalue weighted by atomic mass is 10.1. The highest BCUT2D eigenvalue weighted by molar-refractivity contribution is 5.82. The van der Waals surface area contributed by atoms with Gasteiger partial charge >= 0.3 is 0 Å². The van der Waals surface area contributed by atoms with Crippen molar-refractivity contribution in [3.8, 4) is 0 Å². The zero-order valence-corrected chi connectivity index (χ0v) is 24.2. The van der Waals surface area contributed by atoms with E-state index in [1.165, 1.54) is 128 Å². The van der Waals surface area contributed by atoms with Gasteiger partial charge in [0.05, 0.1) is 13.1 Å². The van der Waals surface area contributed by atoms with Crippen molar-refractivity contribution in [2.45, 2.75) is 156 Å². The first kappa shape index (κ1) is 33.6. The molecule has 0 rings (SSSR count). The standard InChI is InChI=1S/C31H64N2O/c1-5-9-13-17-21-25-32(26-22-18-14-10-6-2)29-31(34)30-33(27-23-19-15-11-7-3)28-24-20-16-12-8-4/h5-30H2,1-4H3. The first-order valence-electron chi connectivity index (χ1n) is 15.6.